The lowest BCUT2D eigenvalue weighted by atomic mass is 10.0. The Morgan fingerprint density at radius 2 is 1.66 bits per heavy atom. The summed E-state index contributed by atoms with van der Waals surface area (Å²) in [5, 5.41) is 4.23. The summed E-state index contributed by atoms with van der Waals surface area (Å²) in [5.74, 6) is 0.571. The monoisotopic (exact) mass is 512 g/mol. The van der Waals surface area contributed by atoms with E-state index in [4.69, 9.17) is 4.74 Å². The van der Waals surface area contributed by atoms with E-state index >= 15 is 0 Å². The van der Waals surface area contributed by atoms with E-state index in [0.717, 1.165) is 42.8 Å². The lowest BCUT2D eigenvalue weighted by Crippen LogP contribution is -2.41. The molecular formula is C31H33FN4O2. The first kappa shape index (κ1) is 25.7. The Hall–Kier alpha value is -3.97. The molecule has 1 aliphatic rings. The SMILES string of the molecule is CN(Cc1ccc(OC2CCN(C(=O)c3cccc(-c4cccc(F)c4)c3)CC2)cc1)Cc1cnn(C)c1. The van der Waals surface area contributed by atoms with Gasteiger partial charge in [0.1, 0.15) is 17.7 Å². The van der Waals surface area contributed by atoms with Crippen molar-refractivity contribution in [3.63, 3.8) is 0 Å². The Bertz CT molecular complexity index is 1380. The molecule has 4 aromatic rings. The molecule has 0 unspecified atom stereocenters. The van der Waals surface area contributed by atoms with Gasteiger partial charge in [-0.1, -0.05) is 36.4 Å². The highest BCUT2D eigenvalue weighted by molar-refractivity contribution is 5.95. The molecule has 0 bridgehead atoms. The van der Waals surface area contributed by atoms with Gasteiger partial charge in [0, 0.05) is 63.4 Å². The first-order valence-corrected chi connectivity index (χ1v) is 13.0. The molecule has 1 aliphatic heterocycles. The van der Waals surface area contributed by atoms with Crippen LogP contribution in [0.25, 0.3) is 11.1 Å². The Morgan fingerprint density at radius 1 is 0.974 bits per heavy atom. The van der Waals surface area contributed by atoms with Crippen LogP contribution in [0.3, 0.4) is 0 Å². The van der Waals surface area contributed by atoms with Gasteiger partial charge in [0.05, 0.1) is 6.20 Å². The highest BCUT2D eigenvalue weighted by atomic mass is 19.1. The van der Waals surface area contributed by atoms with Crippen LogP contribution < -0.4 is 4.74 Å². The van der Waals surface area contributed by atoms with Crippen LogP contribution in [0.4, 0.5) is 4.39 Å². The second-order valence-corrected chi connectivity index (χ2v) is 10.0. The number of halogens is 1. The maximum absolute atomic E-state index is 13.6. The van der Waals surface area contributed by atoms with E-state index in [0.29, 0.717) is 18.7 Å². The molecule has 6 nitrogen and oxygen atoms in total. The molecule has 1 fully saturated rings. The third-order valence-electron chi connectivity index (χ3n) is 6.89. The fraction of sp³-hybridized carbons (Fsp3) is 0.290. The van der Waals surface area contributed by atoms with Crippen molar-refractivity contribution in [3.05, 3.63) is 108 Å². The summed E-state index contributed by atoms with van der Waals surface area (Å²) in [7, 11) is 4.03. The van der Waals surface area contributed by atoms with Crippen LogP contribution >= 0.6 is 0 Å². The zero-order chi connectivity index (χ0) is 26.5. The van der Waals surface area contributed by atoms with Gasteiger partial charge in [0.25, 0.3) is 5.91 Å². The number of aryl methyl sites for hydroxylation is 1. The van der Waals surface area contributed by atoms with E-state index in [1.807, 2.05) is 71.5 Å². The Labute approximate surface area is 223 Å². The molecule has 5 rings (SSSR count). The number of amides is 1. The molecule has 0 aliphatic carbocycles. The number of carbonyl (C=O) groups is 1. The minimum Gasteiger partial charge on any atom is -0.490 e. The summed E-state index contributed by atoms with van der Waals surface area (Å²) in [6.45, 7) is 2.98. The summed E-state index contributed by atoms with van der Waals surface area (Å²) >= 11 is 0. The van der Waals surface area contributed by atoms with Crippen molar-refractivity contribution < 1.29 is 13.9 Å². The van der Waals surface area contributed by atoms with Crippen LogP contribution in [0.2, 0.25) is 0 Å². The van der Waals surface area contributed by atoms with E-state index in [-0.39, 0.29) is 17.8 Å². The lowest BCUT2D eigenvalue weighted by Gasteiger charge is -2.32. The molecule has 7 heteroatoms. The Balaban J connectivity index is 1.11. The molecule has 1 amide bonds. The van der Waals surface area contributed by atoms with Gasteiger partial charge >= 0.3 is 0 Å². The zero-order valence-corrected chi connectivity index (χ0v) is 21.9. The molecule has 0 N–H and O–H groups in total. The number of ether oxygens (including phenoxy) is 1. The van der Waals surface area contributed by atoms with E-state index < -0.39 is 0 Å². The minimum atomic E-state index is -0.288. The maximum Gasteiger partial charge on any atom is 0.253 e. The van der Waals surface area contributed by atoms with Gasteiger partial charge < -0.3 is 9.64 Å². The summed E-state index contributed by atoms with van der Waals surface area (Å²) < 4.78 is 21.7. The number of benzene rings is 3. The number of piperidine rings is 1. The summed E-state index contributed by atoms with van der Waals surface area (Å²) in [5.41, 5.74) is 4.64. The molecule has 38 heavy (non-hydrogen) atoms. The van der Waals surface area contributed by atoms with Gasteiger partial charge in [-0.05, 0) is 60.1 Å². The highest BCUT2D eigenvalue weighted by Crippen LogP contribution is 2.24. The smallest absolute Gasteiger partial charge is 0.253 e. The normalized spacial score (nSPS) is 14.2. The van der Waals surface area contributed by atoms with Gasteiger partial charge in [-0.3, -0.25) is 14.4 Å². The van der Waals surface area contributed by atoms with Crippen LogP contribution in [0, 0.1) is 5.82 Å². The zero-order valence-electron chi connectivity index (χ0n) is 21.9. The second kappa shape index (κ2) is 11.6. The standard InChI is InChI=1S/C31H33FN4O2/c1-34(21-24-19-33-35(2)22-24)20-23-9-11-29(12-10-23)38-30-13-15-36(16-14-30)31(37)27-7-3-5-25(17-27)26-6-4-8-28(32)18-26/h3-12,17-19,22,30H,13-16,20-21H2,1-2H3. The van der Waals surface area contributed by atoms with E-state index in [2.05, 4.69) is 29.2 Å². The van der Waals surface area contributed by atoms with E-state index in [1.54, 1.807) is 6.07 Å². The third kappa shape index (κ3) is 6.47. The number of nitrogens with zero attached hydrogens (tertiary/aromatic N) is 4. The molecule has 3 aromatic carbocycles. The van der Waals surface area contributed by atoms with Crippen molar-refractivity contribution in [2.24, 2.45) is 7.05 Å². The van der Waals surface area contributed by atoms with Gasteiger partial charge in [-0.25, -0.2) is 4.39 Å². The predicted octanol–water partition coefficient (Wildman–Crippen LogP) is 5.54. The van der Waals surface area contributed by atoms with E-state index in [1.165, 1.54) is 23.3 Å². The van der Waals surface area contributed by atoms with Crippen molar-refractivity contribution in [1.82, 2.24) is 19.6 Å². The second-order valence-electron chi connectivity index (χ2n) is 10.0. The van der Waals surface area contributed by atoms with Crippen LogP contribution in [-0.4, -0.2) is 51.7 Å². The fourth-order valence-electron chi connectivity index (χ4n) is 4.96. The fourth-order valence-corrected chi connectivity index (χ4v) is 4.96. The van der Waals surface area contributed by atoms with Crippen molar-refractivity contribution in [3.8, 4) is 16.9 Å². The summed E-state index contributed by atoms with van der Waals surface area (Å²) in [6.07, 6.45) is 5.58. The van der Waals surface area contributed by atoms with Gasteiger partial charge in [-0.15, -0.1) is 0 Å². The largest absolute Gasteiger partial charge is 0.490 e. The first-order chi connectivity index (χ1) is 18.4. The number of hydrogen-bond donors (Lipinski definition) is 0. The van der Waals surface area contributed by atoms with Gasteiger partial charge in [0.15, 0.2) is 0 Å². The Kier molecular flexibility index (Phi) is 7.84. The van der Waals surface area contributed by atoms with Crippen molar-refractivity contribution in [2.75, 3.05) is 20.1 Å². The molecule has 2 heterocycles. The van der Waals surface area contributed by atoms with Crippen LogP contribution in [0.5, 0.6) is 5.75 Å². The summed E-state index contributed by atoms with van der Waals surface area (Å²) in [6, 6.07) is 22.1. The first-order valence-electron chi connectivity index (χ1n) is 13.0. The molecule has 0 radical (unpaired) electrons. The average Bonchev–Trinajstić information content (AvgIpc) is 3.34. The van der Waals surface area contributed by atoms with Crippen LogP contribution in [0.1, 0.15) is 34.3 Å². The molecule has 0 atom stereocenters. The quantitative estimate of drug-likeness (QED) is 0.311. The van der Waals surface area contributed by atoms with Crippen molar-refractivity contribution >= 4 is 5.91 Å². The summed E-state index contributed by atoms with van der Waals surface area (Å²) in [4.78, 5) is 17.3. The number of likely N-dealkylation sites (tertiary alicyclic amines) is 1. The molecule has 196 valence electrons. The molecule has 0 spiro atoms. The molecule has 1 saturated heterocycles. The van der Waals surface area contributed by atoms with Gasteiger partial charge in [0.2, 0.25) is 0 Å². The average molecular weight is 513 g/mol. The van der Waals surface area contributed by atoms with E-state index in [9.17, 15) is 9.18 Å². The number of carbonyl (C=O) groups excluding carboxylic acids is 1. The lowest BCUT2D eigenvalue weighted by molar-refractivity contribution is 0.0595. The highest BCUT2D eigenvalue weighted by Gasteiger charge is 2.25. The molecule has 0 saturated carbocycles. The van der Waals surface area contributed by atoms with Crippen molar-refractivity contribution in [2.45, 2.75) is 32.0 Å². The molecular weight excluding hydrogens is 479 g/mol. The van der Waals surface area contributed by atoms with Crippen LogP contribution in [-0.2, 0) is 20.1 Å². The van der Waals surface area contributed by atoms with Crippen LogP contribution in [0.15, 0.2) is 85.2 Å². The van der Waals surface area contributed by atoms with Gasteiger partial charge in [-0.2, -0.15) is 5.10 Å². The Morgan fingerprint density at radius 3 is 2.34 bits per heavy atom. The predicted molar refractivity (Wildman–Crippen MR) is 146 cm³/mol. The van der Waals surface area contributed by atoms with Crippen molar-refractivity contribution in [1.29, 1.82) is 0 Å². The number of hydrogen-bond acceptors (Lipinski definition) is 4. The topological polar surface area (TPSA) is 50.6 Å². The number of aromatic nitrogens is 2. The number of rotatable bonds is 8. The maximum atomic E-state index is 13.6. The third-order valence-corrected chi connectivity index (χ3v) is 6.89. The minimum absolute atomic E-state index is 0.00135. The molecule has 1 aromatic heterocycles.